The minimum absolute atomic E-state index is 0.764. The van der Waals surface area contributed by atoms with Gasteiger partial charge in [0.05, 0.1) is 0 Å². The third-order valence-electron chi connectivity index (χ3n) is 6.31. The van der Waals surface area contributed by atoms with Gasteiger partial charge in [-0.1, -0.05) is 160 Å². The van der Waals surface area contributed by atoms with Crippen LogP contribution in [0.5, 0.6) is 0 Å². The maximum atomic E-state index is 2.24. The zero-order chi connectivity index (χ0) is 27.0. The Morgan fingerprint density at radius 2 is 0.838 bits per heavy atom. The van der Waals surface area contributed by atoms with Crippen molar-refractivity contribution >= 4 is 0 Å². The van der Waals surface area contributed by atoms with E-state index in [9.17, 15) is 0 Å². The molecule has 0 saturated carbocycles. The van der Waals surface area contributed by atoms with Crippen molar-refractivity contribution in [2.75, 3.05) is 0 Å². The Morgan fingerprint density at radius 1 is 0.486 bits per heavy atom. The van der Waals surface area contributed by atoms with Crippen LogP contribution in [0.3, 0.4) is 0 Å². The average molecular weight is 491 g/mol. The molecule has 37 heavy (non-hydrogen) atoms. The van der Waals surface area contributed by atoms with Crippen LogP contribution in [0, 0.1) is 18.8 Å². The second-order valence-electron chi connectivity index (χ2n) is 9.97. The SMILES string of the molecule is CC.CC1=CC=CC(C)C1.CC1=CC=CC(C)C1.Cc1ccc(-c2ccc(-c3ccccc3)cc2)cc1. The van der Waals surface area contributed by atoms with Gasteiger partial charge in [0.1, 0.15) is 0 Å². The van der Waals surface area contributed by atoms with Gasteiger partial charge in [-0.25, -0.2) is 0 Å². The lowest BCUT2D eigenvalue weighted by atomic mass is 9.97. The molecule has 194 valence electrons. The van der Waals surface area contributed by atoms with Crippen LogP contribution >= 0.6 is 0 Å². The van der Waals surface area contributed by atoms with E-state index in [1.807, 2.05) is 19.9 Å². The summed E-state index contributed by atoms with van der Waals surface area (Å²) in [6.45, 7) is 15.0. The van der Waals surface area contributed by atoms with Crippen LogP contribution in [0.25, 0.3) is 22.3 Å². The third-order valence-corrected chi connectivity index (χ3v) is 6.31. The highest BCUT2D eigenvalue weighted by atomic mass is 14.1. The quantitative estimate of drug-likeness (QED) is 0.335. The number of hydrogen-bond donors (Lipinski definition) is 0. The molecule has 3 aromatic carbocycles. The monoisotopic (exact) mass is 490 g/mol. The zero-order valence-corrected chi connectivity index (χ0v) is 24.0. The smallest absolute Gasteiger partial charge is 0.0184 e. The lowest BCUT2D eigenvalue weighted by molar-refractivity contribution is 0.707. The van der Waals surface area contributed by atoms with E-state index in [4.69, 9.17) is 0 Å². The van der Waals surface area contributed by atoms with E-state index in [2.05, 4.69) is 144 Å². The molecule has 0 heteroatoms. The molecule has 2 aliphatic rings. The van der Waals surface area contributed by atoms with Crippen molar-refractivity contribution in [2.24, 2.45) is 11.8 Å². The first kappa shape index (κ1) is 29.8. The van der Waals surface area contributed by atoms with Gasteiger partial charge >= 0.3 is 0 Å². The van der Waals surface area contributed by atoms with E-state index in [-0.39, 0.29) is 0 Å². The molecule has 0 aromatic heterocycles. The van der Waals surface area contributed by atoms with Crippen LogP contribution in [0.2, 0.25) is 0 Å². The van der Waals surface area contributed by atoms with E-state index < -0.39 is 0 Å². The predicted octanol–water partition coefficient (Wildman–Crippen LogP) is 11.4. The van der Waals surface area contributed by atoms with Crippen molar-refractivity contribution in [1.82, 2.24) is 0 Å². The molecule has 0 nitrogen and oxygen atoms in total. The highest BCUT2D eigenvalue weighted by molar-refractivity contribution is 5.70. The molecule has 0 bridgehead atoms. The summed E-state index contributed by atoms with van der Waals surface area (Å²) >= 11 is 0. The number of allylic oxidation sites excluding steroid dienone is 8. The van der Waals surface area contributed by atoms with Gasteiger partial charge in [0.2, 0.25) is 0 Å². The lowest BCUT2D eigenvalue weighted by Crippen LogP contribution is -1.93. The minimum atomic E-state index is 0.764. The van der Waals surface area contributed by atoms with Crippen molar-refractivity contribution in [3.05, 3.63) is 132 Å². The van der Waals surface area contributed by atoms with Crippen LogP contribution in [-0.2, 0) is 0 Å². The topological polar surface area (TPSA) is 0 Å². The molecule has 0 amide bonds. The first-order valence-corrected chi connectivity index (χ1v) is 13.8. The molecular weight excluding hydrogens is 444 g/mol. The summed E-state index contributed by atoms with van der Waals surface area (Å²) in [7, 11) is 0. The Bertz CT molecular complexity index is 1120. The summed E-state index contributed by atoms with van der Waals surface area (Å²) in [5, 5.41) is 0. The molecule has 2 unspecified atom stereocenters. The molecule has 0 fully saturated rings. The number of benzene rings is 3. The van der Waals surface area contributed by atoms with Crippen LogP contribution in [0.15, 0.2) is 126 Å². The van der Waals surface area contributed by atoms with E-state index in [0.717, 1.165) is 11.8 Å². The highest BCUT2D eigenvalue weighted by Gasteiger charge is 2.01. The van der Waals surface area contributed by atoms with Crippen LogP contribution in [0.4, 0.5) is 0 Å². The fourth-order valence-corrected chi connectivity index (χ4v) is 4.34. The molecule has 0 saturated heterocycles. The Kier molecular flexibility index (Phi) is 13.2. The summed E-state index contributed by atoms with van der Waals surface area (Å²) < 4.78 is 0. The molecule has 0 radical (unpaired) electrons. The molecule has 3 aromatic rings. The number of hydrogen-bond acceptors (Lipinski definition) is 0. The van der Waals surface area contributed by atoms with Crippen LogP contribution in [-0.4, -0.2) is 0 Å². The molecule has 0 N–H and O–H groups in total. The van der Waals surface area contributed by atoms with E-state index >= 15 is 0 Å². The van der Waals surface area contributed by atoms with Crippen molar-refractivity contribution in [2.45, 2.75) is 61.3 Å². The Morgan fingerprint density at radius 3 is 1.16 bits per heavy atom. The normalized spacial score (nSPS) is 17.5. The molecule has 0 spiro atoms. The maximum Gasteiger partial charge on any atom is -0.0184 e. The minimum Gasteiger partial charge on any atom is -0.0814 e. The summed E-state index contributed by atoms with van der Waals surface area (Å²) in [6.07, 6.45) is 15.6. The second kappa shape index (κ2) is 16.4. The van der Waals surface area contributed by atoms with Crippen molar-refractivity contribution in [3.8, 4) is 22.3 Å². The molecule has 5 rings (SSSR count). The summed E-state index contributed by atoms with van der Waals surface area (Å²) in [5.74, 6) is 1.53. The third kappa shape index (κ3) is 11.0. The number of rotatable bonds is 2. The Balaban J connectivity index is 0.000000221. The molecule has 2 aliphatic carbocycles. The molecule has 2 atom stereocenters. The second-order valence-corrected chi connectivity index (χ2v) is 9.97. The maximum absolute atomic E-state index is 2.24. The van der Waals surface area contributed by atoms with Gasteiger partial charge in [0.25, 0.3) is 0 Å². The van der Waals surface area contributed by atoms with E-state index in [1.54, 1.807) is 0 Å². The van der Waals surface area contributed by atoms with Crippen molar-refractivity contribution in [1.29, 1.82) is 0 Å². The highest BCUT2D eigenvalue weighted by Crippen LogP contribution is 2.25. The summed E-state index contributed by atoms with van der Waals surface area (Å²) in [5.41, 5.74) is 9.35. The predicted molar refractivity (Wildman–Crippen MR) is 167 cm³/mol. The van der Waals surface area contributed by atoms with Gasteiger partial charge in [0, 0.05) is 0 Å². The fraction of sp³-hybridized carbons (Fsp3) is 0.297. The average Bonchev–Trinajstić information content (AvgIpc) is 2.91. The largest absolute Gasteiger partial charge is 0.0814 e. The first-order chi connectivity index (χ1) is 17.9. The standard InChI is InChI=1S/C19H16.2C8H12.C2H6/c1-15-7-9-17(10-8-15)19-13-11-18(12-14-19)16-5-3-2-4-6-16;2*1-7-4-3-5-8(2)6-7;1-2/h2-14H,1H3;2*3-5,7H,6H2,1-2H3;1-2H3. The summed E-state index contributed by atoms with van der Waals surface area (Å²) in [4.78, 5) is 0. The first-order valence-electron chi connectivity index (χ1n) is 13.8. The molecule has 0 heterocycles. The van der Waals surface area contributed by atoms with Crippen molar-refractivity contribution < 1.29 is 0 Å². The Hall–Kier alpha value is -3.38. The van der Waals surface area contributed by atoms with E-state index in [0.29, 0.717) is 0 Å². The van der Waals surface area contributed by atoms with Gasteiger partial charge < -0.3 is 0 Å². The lowest BCUT2D eigenvalue weighted by Gasteiger charge is -2.08. The van der Waals surface area contributed by atoms with Gasteiger partial charge in [0.15, 0.2) is 0 Å². The van der Waals surface area contributed by atoms with Gasteiger partial charge in [-0.2, -0.15) is 0 Å². The fourth-order valence-electron chi connectivity index (χ4n) is 4.34. The zero-order valence-electron chi connectivity index (χ0n) is 24.0. The van der Waals surface area contributed by atoms with Crippen molar-refractivity contribution in [3.63, 3.8) is 0 Å². The summed E-state index contributed by atoms with van der Waals surface area (Å²) in [6, 6.07) is 27.9. The van der Waals surface area contributed by atoms with Gasteiger partial charge in [-0.3, -0.25) is 0 Å². The van der Waals surface area contributed by atoms with E-state index in [1.165, 1.54) is 51.8 Å². The number of aryl methyl sites for hydroxylation is 1. The Labute approximate surface area is 227 Å². The molecule has 0 aliphatic heterocycles. The molecular formula is C37H46. The van der Waals surface area contributed by atoms with Gasteiger partial charge in [-0.05, 0) is 67.7 Å². The van der Waals surface area contributed by atoms with Crippen LogP contribution < -0.4 is 0 Å². The van der Waals surface area contributed by atoms with Crippen LogP contribution in [0.1, 0.15) is 59.9 Å². The van der Waals surface area contributed by atoms with Gasteiger partial charge in [-0.15, -0.1) is 0 Å².